The average Bonchev–Trinajstić information content (AvgIpc) is 2.48. The maximum absolute atomic E-state index is 9.71. The number of aromatic nitrogens is 2. The molecule has 0 radical (unpaired) electrons. The van der Waals surface area contributed by atoms with Gasteiger partial charge < -0.3 is 15.7 Å². The number of anilines is 1. The molecule has 0 bridgehead atoms. The zero-order valence-electron chi connectivity index (χ0n) is 12.2. The number of aryl methyl sites for hydroxylation is 1. The first kappa shape index (κ1) is 13.8. The van der Waals surface area contributed by atoms with Gasteiger partial charge in [-0.05, 0) is 31.9 Å². The molecule has 1 aromatic carbocycles. The first-order chi connectivity index (χ1) is 10.1. The molecule has 21 heavy (non-hydrogen) atoms. The Morgan fingerprint density at radius 3 is 2.76 bits per heavy atom. The molecule has 1 aliphatic heterocycles. The van der Waals surface area contributed by atoms with Crippen molar-refractivity contribution in [1.82, 2.24) is 9.97 Å². The fraction of sp³-hybridized carbons (Fsp3) is 0.375. The highest BCUT2D eigenvalue weighted by Gasteiger charge is 2.20. The molecular formula is C16H20N4O. The van der Waals surface area contributed by atoms with Crippen LogP contribution >= 0.6 is 0 Å². The average molecular weight is 284 g/mol. The lowest BCUT2D eigenvalue weighted by Gasteiger charge is -2.32. The van der Waals surface area contributed by atoms with Crippen molar-refractivity contribution in [3.05, 3.63) is 36.3 Å². The van der Waals surface area contributed by atoms with Crippen LogP contribution < -0.4 is 10.6 Å². The highest BCUT2D eigenvalue weighted by atomic mass is 16.3. The van der Waals surface area contributed by atoms with E-state index in [1.807, 2.05) is 25.3 Å². The number of nitrogens with zero attached hydrogens (tertiary/aromatic N) is 3. The van der Waals surface area contributed by atoms with Crippen LogP contribution in [0, 0.1) is 6.92 Å². The van der Waals surface area contributed by atoms with Gasteiger partial charge in [-0.2, -0.15) is 0 Å². The van der Waals surface area contributed by atoms with E-state index in [0.29, 0.717) is 0 Å². The lowest BCUT2D eigenvalue weighted by Crippen LogP contribution is -2.40. The van der Waals surface area contributed by atoms with E-state index in [9.17, 15) is 5.11 Å². The molecule has 5 nitrogen and oxygen atoms in total. The molecule has 0 saturated carbocycles. The lowest BCUT2D eigenvalue weighted by molar-refractivity contribution is 0.475. The van der Waals surface area contributed by atoms with E-state index in [1.165, 1.54) is 0 Å². The molecule has 0 spiro atoms. The second-order valence-electron chi connectivity index (χ2n) is 5.53. The molecule has 0 unspecified atom stereocenters. The van der Waals surface area contributed by atoms with Gasteiger partial charge in [0.1, 0.15) is 11.6 Å². The fourth-order valence-electron chi connectivity index (χ4n) is 2.70. The first-order valence-electron chi connectivity index (χ1n) is 7.27. The smallest absolute Gasteiger partial charge is 0.126 e. The van der Waals surface area contributed by atoms with E-state index in [4.69, 9.17) is 5.73 Å². The number of phenols is 1. The molecule has 2 aromatic rings. The summed E-state index contributed by atoms with van der Waals surface area (Å²) in [5, 5.41) is 9.71. The number of hydrogen-bond acceptors (Lipinski definition) is 5. The summed E-state index contributed by atoms with van der Waals surface area (Å²) < 4.78 is 0. The maximum atomic E-state index is 9.71. The van der Waals surface area contributed by atoms with E-state index in [0.717, 1.165) is 48.7 Å². The zero-order valence-corrected chi connectivity index (χ0v) is 12.2. The van der Waals surface area contributed by atoms with Gasteiger partial charge in [0.05, 0.1) is 17.6 Å². The number of phenolic OH excluding ortho intramolecular Hbond substituents is 1. The molecule has 110 valence electrons. The minimum atomic E-state index is 0.246. The molecular weight excluding hydrogens is 264 g/mol. The summed E-state index contributed by atoms with van der Waals surface area (Å²) in [6, 6.07) is 7.48. The summed E-state index contributed by atoms with van der Waals surface area (Å²) in [4.78, 5) is 11.2. The van der Waals surface area contributed by atoms with Crippen molar-refractivity contribution < 1.29 is 5.11 Å². The van der Waals surface area contributed by atoms with Crippen LogP contribution in [-0.2, 0) is 0 Å². The van der Waals surface area contributed by atoms with Crippen LogP contribution in [0.4, 0.5) is 5.69 Å². The van der Waals surface area contributed by atoms with Crippen LogP contribution in [0.5, 0.6) is 5.75 Å². The van der Waals surface area contributed by atoms with E-state index in [-0.39, 0.29) is 11.8 Å². The summed E-state index contributed by atoms with van der Waals surface area (Å²) in [7, 11) is 0. The Hall–Kier alpha value is -2.14. The third-order valence-electron chi connectivity index (χ3n) is 3.89. The number of nitrogens with two attached hydrogens (primary N) is 1. The highest BCUT2D eigenvalue weighted by molar-refractivity contribution is 5.75. The van der Waals surface area contributed by atoms with Crippen LogP contribution in [0.15, 0.2) is 30.5 Å². The van der Waals surface area contributed by atoms with Gasteiger partial charge in [-0.15, -0.1) is 0 Å². The summed E-state index contributed by atoms with van der Waals surface area (Å²) in [5.74, 6) is 0.973. The van der Waals surface area contributed by atoms with Crippen molar-refractivity contribution in [3.8, 4) is 17.0 Å². The summed E-state index contributed by atoms with van der Waals surface area (Å²) in [5.41, 5.74) is 8.77. The molecule has 3 N–H and O–H groups in total. The van der Waals surface area contributed by atoms with Crippen molar-refractivity contribution in [2.45, 2.75) is 25.8 Å². The quantitative estimate of drug-likeness (QED) is 0.883. The Morgan fingerprint density at radius 2 is 2.05 bits per heavy atom. The predicted molar refractivity (Wildman–Crippen MR) is 83.3 cm³/mol. The minimum absolute atomic E-state index is 0.246. The van der Waals surface area contributed by atoms with Gasteiger partial charge in [-0.3, -0.25) is 0 Å². The molecule has 1 fully saturated rings. The van der Waals surface area contributed by atoms with E-state index >= 15 is 0 Å². The van der Waals surface area contributed by atoms with Gasteiger partial charge in [-0.25, -0.2) is 9.97 Å². The van der Waals surface area contributed by atoms with E-state index in [2.05, 4.69) is 14.9 Å². The van der Waals surface area contributed by atoms with Crippen molar-refractivity contribution in [2.24, 2.45) is 5.73 Å². The fourth-order valence-corrected chi connectivity index (χ4v) is 2.70. The van der Waals surface area contributed by atoms with Crippen LogP contribution in [0.3, 0.4) is 0 Å². The predicted octanol–water partition coefficient (Wildman–Crippen LogP) is 2.09. The van der Waals surface area contributed by atoms with Gasteiger partial charge in [0.25, 0.3) is 0 Å². The van der Waals surface area contributed by atoms with Crippen LogP contribution in [0.1, 0.15) is 18.7 Å². The maximum Gasteiger partial charge on any atom is 0.126 e. The second kappa shape index (κ2) is 5.69. The SMILES string of the molecule is Cc1ncc(N2CCC(N)CC2)c(-c2cccc(O)c2)n1. The van der Waals surface area contributed by atoms with Crippen LogP contribution in [-0.4, -0.2) is 34.2 Å². The lowest BCUT2D eigenvalue weighted by atomic mass is 10.0. The van der Waals surface area contributed by atoms with Gasteiger partial charge in [0, 0.05) is 24.7 Å². The van der Waals surface area contributed by atoms with Crippen LogP contribution in [0.2, 0.25) is 0 Å². The second-order valence-corrected chi connectivity index (χ2v) is 5.53. The third kappa shape index (κ3) is 2.97. The molecule has 0 amide bonds. The standard InChI is InChI=1S/C16H20N4O/c1-11-18-10-15(20-7-5-13(17)6-8-20)16(19-11)12-3-2-4-14(21)9-12/h2-4,9-10,13,21H,5-8,17H2,1H3. The van der Waals surface area contributed by atoms with Crippen molar-refractivity contribution in [1.29, 1.82) is 0 Å². The normalized spacial score (nSPS) is 16.2. The van der Waals surface area contributed by atoms with Crippen LogP contribution in [0.25, 0.3) is 11.3 Å². The number of benzene rings is 1. The number of rotatable bonds is 2. The number of aromatic hydroxyl groups is 1. The molecule has 1 aromatic heterocycles. The van der Waals surface area contributed by atoms with Gasteiger partial charge in [0.15, 0.2) is 0 Å². The zero-order chi connectivity index (χ0) is 14.8. The molecule has 0 atom stereocenters. The van der Waals surface area contributed by atoms with Crippen molar-refractivity contribution in [3.63, 3.8) is 0 Å². The highest BCUT2D eigenvalue weighted by Crippen LogP contribution is 2.31. The largest absolute Gasteiger partial charge is 0.508 e. The topological polar surface area (TPSA) is 75.3 Å². The minimum Gasteiger partial charge on any atom is -0.508 e. The van der Waals surface area contributed by atoms with Crippen molar-refractivity contribution >= 4 is 5.69 Å². The Kier molecular flexibility index (Phi) is 3.75. The van der Waals surface area contributed by atoms with E-state index < -0.39 is 0 Å². The number of hydrogen-bond donors (Lipinski definition) is 2. The van der Waals surface area contributed by atoms with Gasteiger partial charge in [-0.1, -0.05) is 12.1 Å². The van der Waals surface area contributed by atoms with Crippen molar-refractivity contribution in [2.75, 3.05) is 18.0 Å². The Balaban J connectivity index is 2.01. The van der Waals surface area contributed by atoms with E-state index in [1.54, 1.807) is 12.1 Å². The summed E-state index contributed by atoms with van der Waals surface area (Å²) in [6.45, 7) is 3.71. The third-order valence-corrected chi connectivity index (χ3v) is 3.89. The monoisotopic (exact) mass is 284 g/mol. The number of piperidine rings is 1. The molecule has 5 heteroatoms. The first-order valence-corrected chi connectivity index (χ1v) is 7.27. The molecule has 3 rings (SSSR count). The molecule has 0 aliphatic carbocycles. The Morgan fingerprint density at radius 1 is 1.29 bits per heavy atom. The Bertz CT molecular complexity index is 636. The summed E-state index contributed by atoms with van der Waals surface area (Å²) in [6.07, 6.45) is 3.83. The summed E-state index contributed by atoms with van der Waals surface area (Å²) >= 11 is 0. The molecule has 2 heterocycles. The van der Waals surface area contributed by atoms with Gasteiger partial charge >= 0.3 is 0 Å². The molecule has 1 aliphatic rings. The molecule has 1 saturated heterocycles. The van der Waals surface area contributed by atoms with Gasteiger partial charge in [0.2, 0.25) is 0 Å². The Labute approximate surface area is 124 Å².